The molecule has 0 saturated heterocycles. The van der Waals surface area contributed by atoms with E-state index in [1.165, 1.54) is 30.3 Å². The first-order chi connectivity index (χ1) is 34.7. The molecular formula is C51H43F5N14O2. The molecule has 0 unspecified atom stereocenters. The Morgan fingerprint density at radius 2 is 1.21 bits per heavy atom. The van der Waals surface area contributed by atoms with E-state index in [0.717, 1.165) is 41.6 Å². The number of imidazole rings is 2. The highest BCUT2D eigenvalue weighted by Crippen LogP contribution is 2.43. The summed E-state index contributed by atoms with van der Waals surface area (Å²) in [4.78, 5) is 45.8. The normalized spacial score (nSPS) is 17.4. The molecule has 2 aromatic carbocycles. The fourth-order valence-electron chi connectivity index (χ4n) is 9.70. The Hall–Kier alpha value is -8.23. The van der Waals surface area contributed by atoms with Crippen LogP contribution in [0.5, 0.6) is 0 Å². The van der Waals surface area contributed by atoms with Gasteiger partial charge in [0.15, 0.2) is 11.6 Å². The molecule has 2 amide bonds. The van der Waals surface area contributed by atoms with Gasteiger partial charge in [0.1, 0.15) is 52.3 Å². The van der Waals surface area contributed by atoms with Crippen molar-refractivity contribution in [1.82, 2.24) is 58.6 Å². The zero-order valence-corrected chi connectivity index (χ0v) is 38.7. The number of amides is 2. The van der Waals surface area contributed by atoms with Gasteiger partial charge in [0.2, 0.25) is 0 Å². The number of alkyl halides is 3. The zero-order valence-electron chi connectivity index (χ0n) is 38.7. The number of rotatable bonds is 12. The minimum Gasteiger partial charge on any atom is -0.306 e. The second-order valence-electron chi connectivity index (χ2n) is 18.9. The number of anilines is 2. The van der Waals surface area contributed by atoms with Crippen molar-refractivity contribution in [3.8, 4) is 34.4 Å². The number of pyridine rings is 2. The highest BCUT2D eigenvalue weighted by molar-refractivity contribution is 6.05. The zero-order chi connectivity index (χ0) is 49.6. The fourth-order valence-corrected chi connectivity index (χ4v) is 9.70. The van der Waals surface area contributed by atoms with Gasteiger partial charge in [-0.15, -0.1) is 20.4 Å². The van der Waals surface area contributed by atoms with Gasteiger partial charge in [-0.05, 0) is 118 Å². The van der Waals surface area contributed by atoms with Crippen LogP contribution in [-0.2, 0) is 12.8 Å². The summed E-state index contributed by atoms with van der Waals surface area (Å²) in [6.45, 7) is 3.50. The number of hydrogen-bond acceptors (Lipinski definition) is 10. The predicted octanol–water partition coefficient (Wildman–Crippen LogP) is 9.77. The number of benzene rings is 2. The van der Waals surface area contributed by atoms with Gasteiger partial charge in [-0.25, -0.2) is 28.7 Å². The lowest BCUT2D eigenvalue weighted by atomic mass is 10.1. The third-order valence-electron chi connectivity index (χ3n) is 13.7. The monoisotopic (exact) mass is 978 g/mol. The van der Waals surface area contributed by atoms with E-state index in [2.05, 4.69) is 51.0 Å². The van der Waals surface area contributed by atoms with E-state index in [0.29, 0.717) is 70.1 Å². The average molecular weight is 979 g/mol. The Labute approximate surface area is 407 Å². The fraction of sp³-hybridized carbons (Fsp3) is 0.294. The molecule has 2 fully saturated rings. The number of aromatic nitrogens is 12. The third-order valence-corrected chi connectivity index (χ3v) is 13.7. The maximum Gasteiger partial charge on any atom is 0.409 e. The van der Waals surface area contributed by atoms with Crippen LogP contribution < -0.4 is 10.6 Å². The van der Waals surface area contributed by atoms with Crippen molar-refractivity contribution in [2.45, 2.75) is 95.3 Å². The third kappa shape index (κ3) is 8.40. The van der Waals surface area contributed by atoms with E-state index >= 15 is 8.78 Å². The molecule has 2 aliphatic heterocycles. The van der Waals surface area contributed by atoms with Crippen molar-refractivity contribution in [3.63, 3.8) is 0 Å². The van der Waals surface area contributed by atoms with E-state index in [1.807, 2.05) is 23.0 Å². The largest absolute Gasteiger partial charge is 0.409 e. The summed E-state index contributed by atoms with van der Waals surface area (Å²) in [5, 5.41) is 22.5. The molecule has 6 aromatic heterocycles. The molecule has 0 spiro atoms. The second-order valence-corrected chi connectivity index (χ2v) is 18.9. The summed E-state index contributed by atoms with van der Waals surface area (Å²) in [5.41, 5.74) is 4.64. The molecule has 8 aromatic rings. The van der Waals surface area contributed by atoms with Crippen molar-refractivity contribution in [2.24, 2.45) is 0 Å². The molecule has 0 radical (unpaired) electrons. The SMILES string of the molecule is Cc1cc(F)c(C(=O)Nc2cccc(-c3nnc4n3[C@@H](C=Cc3cc(NC(=O)c5cc(-n6cnc(C7CC7)c6)c(C)cc5F)nc(-c5nnc6n5[C@@H](C(F)(F)F)CC6)c3)CC4)n2)cc1-n1cnc(C2CC2)c1. The second kappa shape index (κ2) is 17.3. The number of carbonyl (C=O) groups is 2. The van der Waals surface area contributed by atoms with Gasteiger partial charge in [0.25, 0.3) is 11.8 Å². The molecule has 4 aliphatic rings. The average Bonchev–Trinajstić information content (AvgIpc) is 3.88. The van der Waals surface area contributed by atoms with Crippen LogP contribution in [0, 0.1) is 25.5 Å². The summed E-state index contributed by atoms with van der Waals surface area (Å²) in [6, 6.07) is 11.3. The van der Waals surface area contributed by atoms with Gasteiger partial charge >= 0.3 is 6.18 Å². The summed E-state index contributed by atoms with van der Waals surface area (Å²) in [5.74, 6) is -1.05. The smallest absolute Gasteiger partial charge is 0.306 e. The lowest BCUT2D eigenvalue weighted by Crippen LogP contribution is -2.24. The number of fused-ring (bicyclic) bond motifs is 2. The lowest BCUT2D eigenvalue weighted by molar-refractivity contribution is -0.165. The maximum absolute atomic E-state index is 15.6. The first kappa shape index (κ1) is 44.9. The molecule has 2 N–H and O–H groups in total. The Balaban J connectivity index is 0.833. The molecule has 2 saturated carbocycles. The lowest BCUT2D eigenvalue weighted by Gasteiger charge is -2.18. The standard InChI is InChI=1S/C51H43F5N14O2/c1-26-16-34(52)32(20-40(26)67-22-38(57-24-67)29-7-8-29)49(71)61-43-5-3-4-36(59-43)47-65-63-45-14-12-31(69(45)47)11-6-28-18-37(48-66-64-46-15-13-42(70(46)48)51(54,55)56)60-44(19-28)62-50(72)33-21-41(27(2)17-35(33)53)68-23-39(58-25-68)30-9-10-30/h3-6,11,16-25,29-31,42H,7-10,12-15H2,1-2H3,(H,59,61,71)(H,60,62,72)/t31-,42+/m0/s1. The number of halogens is 5. The summed E-state index contributed by atoms with van der Waals surface area (Å²) < 4.78 is 80.5. The van der Waals surface area contributed by atoms with Crippen LogP contribution in [0.4, 0.5) is 33.6 Å². The molecule has 72 heavy (non-hydrogen) atoms. The number of aryl methyl sites for hydroxylation is 4. The first-order valence-electron chi connectivity index (χ1n) is 23.7. The molecule has 8 heterocycles. The van der Waals surface area contributed by atoms with Gasteiger partial charge in [-0.2, -0.15) is 13.2 Å². The van der Waals surface area contributed by atoms with E-state index < -0.39 is 35.7 Å². The van der Waals surface area contributed by atoms with Crippen molar-refractivity contribution in [1.29, 1.82) is 0 Å². The van der Waals surface area contributed by atoms with Crippen molar-refractivity contribution < 1.29 is 31.5 Å². The number of nitrogens with zero attached hydrogens (tertiary/aromatic N) is 12. The predicted molar refractivity (Wildman–Crippen MR) is 253 cm³/mol. The first-order valence-corrected chi connectivity index (χ1v) is 23.7. The van der Waals surface area contributed by atoms with Crippen molar-refractivity contribution in [2.75, 3.05) is 10.6 Å². The highest BCUT2D eigenvalue weighted by Gasteiger charge is 2.46. The van der Waals surface area contributed by atoms with E-state index in [-0.39, 0.29) is 59.0 Å². The summed E-state index contributed by atoms with van der Waals surface area (Å²) in [6.07, 6.45) is 11.3. The molecule has 2 aliphatic carbocycles. The summed E-state index contributed by atoms with van der Waals surface area (Å²) in [7, 11) is 0. The number of allylic oxidation sites excluding steroid dienone is 1. The van der Waals surface area contributed by atoms with Crippen LogP contribution in [0.25, 0.3) is 40.5 Å². The van der Waals surface area contributed by atoms with Gasteiger partial charge in [-0.1, -0.05) is 18.2 Å². The molecular weight excluding hydrogens is 936 g/mol. The topological polar surface area (TPSA) is 181 Å². The van der Waals surface area contributed by atoms with E-state index in [9.17, 15) is 22.8 Å². The van der Waals surface area contributed by atoms with Gasteiger partial charge in [0, 0.05) is 37.1 Å². The van der Waals surface area contributed by atoms with Crippen molar-refractivity contribution in [3.05, 3.63) is 148 Å². The Kier molecular flexibility index (Phi) is 10.8. The minimum atomic E-state index is -4.59. The van der Waals surface area contributed by atoms with Gasteiger partial charge in [-0.3, -0.25) is 14.2 Å². The van der Waals surface area contributed by atoms with Crippen LogP contribution in [0.1, 0.15) is 123 Å². The van der Waals surface area contributed by atoms with Gasteiger partial charge in [0.05, 0.1) is 52.6 Å². The van der Waals surface area contributed by atoms with Crippen LogP contribution in [0.15, 0.2) is 85.7 Å². The van der Waals surface area contributed by atoms with Crippen LogP contribution in [0.2, 0.25) is 0 Å². The molecule has 21 heteroatoms. The number of hydrogen-bond donors (Lipinski definition) is 2. The van der Waals surface area contributed by atoms with Crippen LogP contribution >= 0.6 is 0 Å². The number of carbonyl (C=O) groups excluding carboxylic acids is 2. The van der Waals surface area contributed by atoms with Crippen LogP contribution in [0.3, 0.4) is 0 Å². The summed E-state index contributed by atoms with van der Waals surface area (Å²) >= 11 is 0. The Morgan fingerprint density at radius 1 is 0.653 bits per heavy atom. The highest BCUT2D eigenvalue weighted by atomic mass is 19.4. The minimum absolute atomic E-state index is 0.00443. The number of nitrogens with one attached hydrogen (secondary N) is 2. The quantitative estimate of drug-likeness (QED) is 0.112. The molecule has 2 atom stereocenters. The molecule has 12 rings (SSSR count). The Morgan fingerprint density at radius 3 is 1.81 bits per heavy atom. The van der Waals surface area contributed by atoms with Crippen LogP contribution in [-0.4, -0.2) is 76.6 Å². The van der Waals surface area contributed by atoms with Gasteiger partial charge < -0.3 is 24.3 Å². The molecule has 364 valence electrons. The Bertz CT molecular complexity index is 3530. The van der Waals surface area contributed by atoms with E-state index in [1.54, 1.807) is 66.0 Å². The van der Waals surface area contributed by atoms with E-state index in [4.69, 9.17) is 0 Å². The molecule has 0 bridgehead atoms. The molecule has 16 nitrogen and oxygen atoms in total. The van der Waals surface area contributed by atoms with Crippen molar-refractivity contribution >= 4 is 29.5 Å². The maximum atomic E-state index is 15.6.